The van der Waals surface area contributed by atoms with E-state index in [-0.39, 0.29) is 0 Å². The molecule has 0 radical (unpaired) electrons. The number of anilines is 2. The second kappa shape index (κ2) is 8.32. The first-order valence-corrected chi connectivity index (χ1v) is 8.06. The summed E-state index contributed by atoms with van der Waals surface area (Å²) in [6, 6.07) is 8.19. The molecular weight excluding hydrogens is 284 g/mol. The van der Waals surface area contributed by atoms with Crippen molar-refractivity contribution in [1.29, 1.82) is 0 Å². The van der Waals surface area contributed by atoms with Crippen molar-refractivity contribution in [3.63, 3.8) is 0 Å². The molecule has 1 aromatic rings. The number of benzene rings is 1. The van der Waals surface area contributed by atoms with Crippen molar-refractivity contribution in [2.75, 3.05) is 23.7 Å². The summed E-state index contributed by atoms with van der Waals surface area (Å²) in [4.78, 5) is 9.16. The van der Waals surface area contributed by atoms with E-state index in [0.717, 1.165) is 53.7 Å². The molecule has 0 bridgehead atoms. The Morgan fingerprint density at radius 2 is 1.17 bits per heavy atom. The van der Waals surface area contributed by atoms with Crippen LogP contribution >= 0.6 is 0 Å². The standard InChI is InChI=1S/C19H26N4/c1-14-12-16(3)22-18-8-5-6-9-19(18)23-17(4)13-15(2)21-11-7-10-20-14/h5-6,8-9,12-13,22-23H,7,10-11H2,1-4H3/b16-12-,17-13+,20-14?,21-15?. The highest BCUT2D eigenvalue weighted by Crippen LogP contribution is 2.24. The minimum absolute atomic E-state index is 0.809. The first-order valence-electron chi connectivity index (χ1n) is 8.06. The molecule has 0 saturated heterocycles. The van der Waals surface area contributed by atoms with Gasteiger partial charge in [0.05, 0.1) is 11.4 Å². The predicted molar refractivity (Wildman–Crippen MR) is 102 cm³/mol. The molecule has 122 valence electrons. The van der Waals surface area contributed by atoms with E-state index in [2.05, 4.69) is 58.8 Å². The molecule has 2 rings (SSSR count). The van der Waals surface area contributed by atoms with Crippen LogP contribution < -0.4 is 10.6 Å². The molecule has 0 fully saturated rings. The highest BCUT2D eigenvalue weighted by atomic mass is 15.0. The molecule has 1 aliphatic rings. The highest BCUT2D eigenvalue weighted by Gasteiger charge is 2.03. The van der Waals surface area contributed by atoms with Crippen LogP contribution in [0.4, 0.5) is 11.4 Å². The SMILES string of the molecule is CC1=NCCCN=C(C)/C=C(\C)Nc2ccccc2N/C(C)=C\1. The number of fused-ring (bicyclic) bond motifs is 1. The van der Waals surface area contributed by atoms with E-state index in [1.54, 1.807) is 0 Å². The Bertz CT molecular complexity index is 609. The van der Waals surface area contributed by atoms with Gasteiger partial charge < -0.3 is 10.6 Å². The third-order valence-electron chi connectivity index (χ3n) is 3.48. The molecule has 1 aromatic carbocycles. The Hall–Kier alpha value is -2.36. The minimum atomic E-state index is 0.809. The van der Waals surface area contributed by atoms with Gasteiger partial charge in [-0.3, -0.25) is 9.98 Å². The van der Waals surface area contributed by atoms with Crippen molar-refractivity contribution < 1.29 is 0 Å². The number of nitrogens with zero attached hydrogens (tertiary/aromatic N) is 2. The van der Waals surface area contributed by atoms with Gasteiger partial charge in [-0.1, -0.05) is 12.1 Å². The summed E-state index contributed by atoms with van der Waals surface area (Å²) in [6.45, 7) is 9.81. The summed E-state index contributed by atoms with van der Waals surface area (Å²) in [6.07, 6.45) is 5.12. The third-order valence-corrected chi connectivity index (χ3v) is 3.48. The van der Waals surface area contributed by atoms with Gasteiger partial charge in [-0.15, -0.1) is 0 Å². The highest BCUT2D eigenvalue weighted by molar-refractivity contribution is 5.94. The van der Waals surface area contributed by atoms with Crippen LogP contribution in [0.1, 0.15) is 34.1 Å². The maximum atomic E-state index is 4.58. The summed E-state index contributed by atoms with van der Waals surface area (Å²) in [5.41, 5.74) is 6.31. The van der Waals surface area contributed by atoms with Crippen molar-refractivity contribution in [1.82, 2.24) is 0 Å². The topological polar surface area (TPSA) is 48.8 Å². The normalized spacial score (nSPS) is 21.6. The molecule has 0 aliphatic carbocycles. The van der Waals surface area contributed by atoms with Gasteiger partial charge in [0.1, 0.15) is 0 Å². The van der Waals surface area contributed by atoms with E-state index >= 15 is 0 Å². The van der Waals surface area contributed by atoms with Crippen molar-refractivity contribution in [3.05, 3.63) is 47.8 Å². The Morgan fingerprint density at radius 1 is 0.739 bits per heavy atom. The van der Waals surface area contributed by atoms with Crippen molar-refractivity contribution >= 4 is 22.8 Å². The zero-order chi connectivity index (χ0) is 16.7. The van der Waals surface area contributed by atoms with E-state index < -0.39 is 0 Å². The van der Waals surface area contributed by atoms with Crippen LogP contribution in [0, 0.1) is 0 Å². The monoisotopic (exact) mass is 310 g/mol. The molecule has 0 unspecified atom stereocenters. The molecule has 0 aromatic heterocycles. The lowest BCUT2D eigenvalue weighted by Gasteiger charge is -2.14. The number of aliphatic imine (C=N–C) groups is 2. The van der Waals surface area contributed by atoms with Gasteiger partial charge in [0.25, 0.3) is 0 Å². The largest absolute Gasteiger partial charge is 0.357 e. The Morgan fingerprint density at radius 3 is 1.61 bits per heavy atom. The summed E-state index contributed by atoms with van der Waals surface area (Å²) >= 11 is 0. The van der Waals surface area contributed by atoms with Crippen molar-refractivity contribution in [3.8, 4) is 0 Å². The molecule has 0 atom stereocenters. The van der Waals surface area contributed by atoms with Crippen LogP contribution in [-0.4, -0.2) is 24.5 Å². The number of nitrogens with one attached hydrogen (secondary N) is 2. The third kappa shape index (κ3) is 5.74. The molecular formula is C19H26N4. The number of rotatable bonds is 0. The summed E-state index contributed by atoms with van der Waals surface area (Å²) in [7, 11) is 0. The van der Waals surface area contributed by atoms with Crippen LogP contribution in [0.2, 0.25) is 0 Å². The van der Waals surface area contributed by atoms with Gasteiger partial charge >= 0.3 is 0 Å². The van der Waals surface area contributed by atoms with Gasteiger partial charge in [-0.25, -0.2) is 0 Å². The lowest BCUT2D eigenvalue weighted by molar-refractivity contribution is 0.846. The quantitative estimate of drug-likeness (QED) is 0.733. The molecule has 1 aliphatic heterocycles. The molecule has 2 N–H and O–H groups in total. The molecule has 0 amide bonds. The van der Waals surface area contributed by atoms with Crippen LogP contribution in [0.25, 0.3) is 0 Å². The molecule has 4 nitrogen and oxygen atoms in total. The van der Waals surface area contributed by atoms with Crippen LogP contribution in [-0.2, 0) is 0 Å². The summed E-state index contributed by atoms with van der Waals surface area (Å²) < 4.78 is 0. The zero-order valence-electron chi connectivity index (χ0n) is 14.5. The molecule has 1 heterocycles. The number of hydrogen-bond acceptors (Lipinski definition) is 4. The van der Waals surface area contributed by atoms with Gasteiger partial charge in [-0.05, 0) is 58.4 Å². The maximum absolute atomic E-state index is 4.58. The van der Waals surface area contributed by atoms with Crippen molar-refractivity contribution in [2.24, 2.45) is 9.98 Å². The van der Waals surface area contributed by atoms with Gasteiger partial charge in [0.15, 0.2) is 0 Å². The van der Waals surface area contributed by atoms with E-state index in [1.165, 1.54) is 0 Å². The fourth-order valence-corrected chi connectivity index (χ4v) is 2.50. The van der Waals surface area contributed by atoms with E-state index in [1.807, 2.05) is 26.0 Å². The Kier molecular flexibility index (Phi) is 6.15. The average Bonchev–Trinajstić information content (AvgIpc) is 2.48. The fourth-order valence-electron chi connectivity index (χ4n) is 2.50. The van der Waals surface area contributed by atoms with E-state index in [9.17, 15) is 0 Å². The average molecular weight is 310 g/mol. The first kappa shape index (κ1) is 17.0. The number of hydrogen-bond donors (Lipinski definition) is 2. The van der Waals surface area contributed by atoms with E-state index in [0.29, 0.717) is 0 Å². The lowest BCUT2D eigenvalue weighted by atomic mass is 10.2. The summed E-state index contributed by atoms with van der Waals surface area (Å²) in [5.74, 6) is 0. The van der Waals surface area contributed by atoms with Crippen LogP contribution in [0.3, 0.4) is 0 Å². The molecule has 23 heavy (non-hydrogen) atoms. The molecule has 0 saturated carbocycles. The zero-order valence-corrected chi connectivity index (χ0v) is 14.5. The second-order valence-electron chi connectivity index (χ2n) is 5.85. The molecule has 4 heteroatoms. The lowest BCUT2D eigenvalue weighted by Crippen LogP contribution is -2.04. The second-order valence-corrected chi connectivity index (χ2v) is 5.85. The number of allylic oxidation sites excluding steroid dienone is 4. The Labute approximate surface area is 139 Å². The van der Waals surface area contributed by atoms with Crippen LogP contribution in [0.5, 0.6) is 0 Å². The van der Waals surface area contributed by atoms with Gasteiger partial charge in [-0.2, -0.15) is 0 Å². The first-order chi connectivity index (χ1) is 11.0. The van der Waals surface area contributed by atoms with Gasteiger partial charge in [0, 0.05) is 35.9 Å². The minimum Gasteiger partial charge on any atom is -0.357 e. The summed E-state index contributed by atoms with van der Waals surface area (Å²) in [5, 5.41) is 6.90. The van der Waals surface area contributed by atoms with E-state index in [4.69, 9.17) is 0 Å². The Balaban J connectivity index is 2.35. The van der Waals surface area contributed by atoms with Crippen molar-refractivity contribution in [2.45, 2.75) is 34.1 Å². The smallest absolute Gasteiger partial charge is 0.0620 e. The molecule has 0 spiro atoms. The van der Waals surface area contributed by atoms with Crippen LogP contribution in [0.15, 0.2) is 57.8 Å². The van der Waals surface area contributed by atoms with Gasteiger partial charge in [0.2, 0.25) is 0 Å². The predicted octanol–water partition coefficient (Wildman–Crippen LogP) is 4.64. The fraction of sp³-hybridized carbons (Fsp3) is 0.368. The number of para-hydroxylation sites is 2. The maximum Gasteiger partial charge on any atom is 0.0620 e.